The first-order valence-electron chi connectivity index (χ1n) is 6.92. The largest absolute Gasteiger partial charge is 0.417 e. The summed E-state index contributed by atoms with van der Waals surface area (Å²) in [5.41, 5.74) is -0.801. The molecule has 0 aromatic carbocycles. The lowest BCUT2D eigenvalue weighted by molar-refractivity contribution is -0.137. The average molecular weight is 327 g/mol. The molecule has 0 bridgehead atoms. The first kappa shape index (κ1) is 16.8. The number of nitrogens with zero attached hydrogens (tertiary/aromatic N) is 3. The molecule has 0 unspecified atom stereocenters. The van der Waals surface area contributed by atoms with Crippen molar-refractivity contribution in [2.24, 2.45) is 0 Å². The zero-order chi connectivity index (χ0) is 16.9. The van der Waals surface area contributed by atoms with Gasteiger partial charge in [-0.25, -0.2) is 4.98 Å². The molecule has 0 spiro atoms. The second-order valence-electron chi connectivity index (χ2n) is 4.81. The summed E-state index contributed by atoms with van der Waals surface area (Å²) in [7, 11) is 0. The molecule has 2 aromatic rings. The molecule has 1 atom stereocenters. The summed E-state index contributed by atoms with van der Waals surface area (Å²) in [6.07, 6.45) is -0.362. The summed E-state index contributed by atoms with van der Waals surface area (Å²) < 4.78 is 38.7. The van der Waals surface area contributed by atoms with Crippen molar-refractivity contribution >= 4 is 11.7 Å². The topological polar surface area (TPSA) is 71.8 Å². The normalized spacial score (nSPS) is 12.7. The third kappa shape index (κ3) is 4.70. The van der Waals surface area contributed by atoms with Gasteiger partial charge in [0.15, 0.2) is 0 Å². The van der Waals surface area contributed by atoms with Gasteiger partial charge in [0, 0.05) is 31.7 Å². The van der Waals surface area contributed by atoms with Crippen LogP contribution in [0.4, 0.5) is 19.0 Å². The smallest absolute Gasteiger partial charge is 0.368 e. The van der Waals surface area contributed by atoms with Crippen LogP contribution in [-0.2, 0) is 11.0 Å². The van der Waals surface area contributed by atoms with Gasteiger partial charge in [-0.3, -0.25) is 9.48 Å². The van der Waals surface area contributed by atoms with Crippen LogP contribution in [0.5, 0.6) is 0 Å². The molecule has 6 nitrogen and oxygen atoms in total. The summed E-state index contributed by atoms with van der Waals surface area (Å²) in [5, 5.41) is 9.52. The molecular weight excluding hydrogens is 311 g/mol. The number of pyridine rings is 1. The van der Waals surface area contributed by atoms with Crippen LogP contribution in [-0.4, -0.2) is 33.8 Å². The highest BCUT2D eigenvalue weighted by molar-refractivity contribution is 5.79. The second kappa shape index (κ2) is 7.12. The van der Waals surface area contributed by atoms with E-state index < -0.39 is 17.8 Å². The molecular formula is C14H16F3N5O. The molecule has 2 N–H and O–H groups in total. The number of hydrogen-bond acceptors (Lipinski definition) is 4. The Hall–Kier alpha value is -2.58. The second-order valence-corrected chi connectivity index (χ2v) is 4.81. The van der Waals surface area contributed by atoms with Gasteiger partial charge in [-0.1, -0.05) is 0 Å². The van der Waals surface area contributed by atoms with E-state index in [4.69, 9.17) is 0 Å². The van der Waals surface area contributed by atoms with E-state index in [0.29, 0.717) is 18.9 Å². The standard InChI is InChI=1S/C14H16F3N5O/c1-10(22-8-2-5-21-22)13(23)19-7-6-18-12-4-3-11(9-20-12)14(15,16)17/h2-5,8-10H,6-7H2,1H3,(H,18,20)(H,19,23)/t10-/m1/s1. The van der Waals surface area contributed by atoms with Crippen molar-refractivity contribution in [2.75, 3.05) is 18.4 Å². The summed E-state index contributed by atoms with van der Waals surface area (Å²) in [6, 6.07) is 3.49. The molecule has 9 heteroatoms. The maximum atomic E-state index is 12.4. The van der Waals surface area contributed by atoms with Gasteiger partial charge in [0.25, 0.3) is 0 Å². The zero-order valence-electron chi connectivity index (χ0n) is 12.3. The molecule has 1 amide bonds. The van der Waals surface area contributed by atoms with E-state index in [2.05, 4.69) is 20.7 Å². The van der Waals surface area contributed by atoms with Crippen molar-refractivity contribution in [3.63, 3.8) is 0 Å². The van der Waals surface area contributed by atoms with Crippen molar-refractivity contribution in [2.45, 2.75) is 19.1 Å². The Kier molecular flexibility index (Phi) is 5.20. The summed E-state index contributed by atoms with van der Waals surface area (Å²) >= 11 is 0. The van der Waals surface area contributed by atoms with Gasteiger partial charge >= 0.3 is 6.18 Å². The van der Waals surface area contributed by atoms with Gasteiger partial charge in [-0.05, 0) is 25.1 Å². The lowest BCUT2D eigenvalue weighted by Crippen LogP contribution is -2.34. The van der Waals surface area contributed by atoms with Crippen molar-refractivity contribution < 1.29 is 18.0 Å². The van der Waals surface area contributed by atoms with Crippen LogP contribution in [0.15, 0.2) is 36.8 Å². The quantitative estimate of drug-likeness (QED) is 0.797. The van der Waals surface area contributed by atoms with Crippen LogP contribution in [0, 0.1) is 0 Å². The lowest BCUT2D eigenvalue weighted by atomic mass is 10.3. The van der Waals surface area contributed by atoms with Gasteiger partial charge in [-0.15, -0.1) is 0 Å². The molecule has 23 heavy (non-hydrogen) atoms. The Morgan fingerprint density at radius 2 is 2.13 bits per heavy atom. The third-order valence-corrected chi connectivity index (χ3v) is 3.12. The number of aromatic nitrogens is 3. The van der Waals surface area contributed by atoms with Crippen LogP contribution < -0.4 is 10.6 Å². The monoisotopic (exact) mass is 327 g/mol. The molecule has 0 aliphatic rings. The van der Waals surface area contributed by atoms with Gasteiger partial charge in [-0.2, -0.15) is 18.3 Å². The molecule has 124 valence electrons. The fourth-order valence-electron chi connectivity index (χ4n) is 1.82. The van der Waals surface area contributed by atoms with Gasteiger partial charge in [0.1, 0.15) is 11.9 Å². The number of anilines is 1. The fraction of sp³-hybridized carbons (Fsp3) is 0.357. The first-order chi connectivity index (χ1) is 10.9. The Morgan fingerprint density at radius 3 is 2.70 bits per heavy atom. The van der Waals surface area contributed by atoms with E-state index in [-0.39, 0.29) is 5.91 Å². The molecule has 2 aromatic heterocycles. The Bertz CT molecular complexity index is 625. The van der Waals surface area contributed by atoms with Crippen molar-refractivity contribution in [1.82, 2.24) is 20.1 Å². The lowest BCUT2D eigenvalue weighted by Gasteiger charge is -2.13. The summed E-state index contributed by atoms with van der Waals surface area (Å²) in [5.74, 6) is 0.114. The highest BCUT2D eigenvalue weighted by Gasteiger charge is 2.30. The van der Waals surface area contributed by atoms with Crippen LogP contribution in [0.1, 0.15) is 18.5 Å². The van der Waals surface area contributed by atoms with Crippen LogP contribution in [0.2, 0.25) is 0 Å². The van der Waals surface area contributed by atoms with E-state index in [9.17, 15) is 18.0 Å². The number of rotatable bonds is 6. The van der Waals surface area contributed by atoms with Gasteiger partial charge in [0.05, 0.1) is 5.56 Å². The first-order valence-corrected chi connectivity index (χ1v) is 6.92. The Labute approximate surface area is 130 Å². The molecule has 0 fully saturated rings. The number of hydrogen-bond donors (Lipinski definition) is 2. The maximum absolute atomic E-state index is 12.4. The van der Waals surface area contributed by atoms with E-state index in [1.54, 1.807) is 25.4 Å². The van der Waals surface area contributed by atoms with Crippen molar-refractivity contribution in [3.05, 3.63) is 42.4 Å². The zero-order valence-corrected chi connectivity index (χ0v) is 12.3. The number of nitrogens with one attached hydrogen (secondary N) is 2. The highest BCUT2D eigenvalue weighted by Crippen LogP contribution is 2.28. The van der Waals surface area contributed by atoms with Gasteiger partial charge < -0.3 is 10.6 Å². The number of carbonyl (C=O) groups is 1. The fourth-order valence-corrected chi connectivity index (χ4v) is 1.82. The Balaban J connectivity index is 1.74. The molecule has 0 saturated heterocycles. The predicted octanol–water partition coefficient (Wildman–Crippen LogP) is 2.09. The highest BCUT2D eigenvalue weighted by atomic mass is 19.4. The van der Waals surface area contributed by atoms with Crippen LogP contribution >= 0.6 is 0 Å². The molecule has 2 rings (SSSR count). The average Bonchev–Trinajstić information content (AvgIpc) is 3.04. The van der Waals surface area contributed by atoms with E-state index >= 15 is 0 Å². The molecule has 0 aliphatic carbocycles. The molecule has 0 radical (unpaired) electrons. The maximum Gasteiger partial charge on any atom is 0.417 e. The summed E-state index contributed by atoms with van der Waals surface area (Å²) in [4.78, 5) is 15.5. The Morgan fingerprint density at radius 1 is 1.35 bits per heavy atom. The van der Waals surface area contributed by atoms with Crippen LogP contribution in [0.3, 0.4) is 0 Å². The van der Waals surface area contributed by atoms with E-state index in [0.717, 1.165) is 12.3 Å². The number of carbonyl (C=O) groups excluding carboxylic acids is 1. The molecule has 2 heterocycles. The van der Waals surface area contributed by atoms with Gasteiger partial charge in [0.2, 0.25) is 5.91 Å². The molecule has 0 aliphatic heterocycles. The van der Waals surface area contributed by atoms with Crippen molar-refractivity contribution in [1.29, 1.82) is 0 Å². The van der Waals surface area contributed by atoms with E-state index in [1.807, 2.05) is 0 Å². The van der Waals surface area contributed by atoms with Crippen molar-refractivity contribution in [3.8, 4) is 0 Å². The number of alkyl halides is 3. The minimum Gasteiger partial charge on any atom is -0.368 e. The third-order valence-electron chi connectivity index (χ3n) is 3.12. The minimum atomic E-state index is -4.40. The summed E-state index contributed by atoms with van der Waals surface area (Å²) in [6.45, 7) is 2.37. The number of halogens is 3. The minimum absolute atomic E-state index is 0.198. The van der Waals surface area contributed by atoms with Crippen LogP contribution in [0.25, 0.3) is 0 Å². The number of amides is 1. The van der Waals surface area contributed by atoms with E-state index in [1.165, 1.54) is 10.7 Å². The SMILES string of the molecule is C[C@H](C(=O)NCCNc1ccc(C(F)(F)F)cn1)n1cccn1. The molecule has 0 saturated carbocycles. The predicted molar refractivity (Wildman–Crippen MR) is 77.7 cm³/mol.